The molecule has 25 heavy (non-hydrogen) atoms. The van der Waals surface area contributed by atoms with Crippen molar-refractivity contribution >= 4 is 11.8 Å². The largest absolute Gasteiger partial charge is 0.378 e. The Morgan fingerprint density at radius 3 is 2.60 bits per heavy atom. The van der Waals surface area contributed by atoms with E-state index in [9.17, 15) is 9.59 Å². The van der Waals surface area contributed by atoms with Crippen LogP contribution in [0.15, 0.2) is 6.07 Å². The fourth-order valence-corrected chi connectivity index (χ4v) is 3.51. The summed E-state index contributed by atoms with van der Waals surface area (Å²) in [5.41, 5.74) is -0.273. The van der Waals surface area contributed by atoms with Crippen LogP contribution in [-0.4, -0.2) is 76.5 Å². The Hall–Kier alpha value is -1.96. The van der Waals surface area contributed by atoms with E-state index >= 15 is 4.39 Å². The van der Waals surface area contributed by atoms with Gasteiger partial charge in [-0.2, -0.15) is 5.10 Å². The smallest absolute Gasteiger partial charge is 0.262 e. The molecule has 0 aliphatic carbocycles. The van der Waals surface area contributed by atoms with E-state index in [2.05, 4.69) is 5.10 Å². The number of amides is 2. The van der Waals surface area contributed by atoms with Gasteiger partial charge in [0.2, 0.25) is 11.6 Å². The number of rotatable bonds is 3. The minimum absolute atomic E-state index is 0.0709. The fraction of sp³-hybridized carbons (Fsp3) is 0.706. The fourth-order valence-electron chi connectivity index (χ4n) is 3.51. The van der Waals surface area contributed by atoms with Crippen molar-refractivity contribution in [2.75, 3.05) is 39.4 Å². The van der Waals surface area contributed by atoms with Crippen LogP contribution in [0.4, 0.5) is 4.39 Å². The maximum absolute atomic E-state index is 15.3. The molecule has 1 atom stereocenters. The molecule has 3 heterocycles. The molecule has 7 nitrogen and oxygen atoms in total. The molecule has 2 saturated heterocycles. The Labute approximate surface area is 146 Å². The summed E-state index contributed by atoms with van der Waals surface area (Å²) < 4.78 is 22.2. The summed E-state index contributed by atoms with van der Waals surface area (Å²) in [6, 6.07) is 1.89. The lowest BCUT2D eigenvalue weighted by Gasteiger charge is -2.40. The number of aryl methyl sites for hydroxylation is 2. The molecule has 0 N–H and O–H groups in total. The first kappa shape index (κ1) is 17.8. The molecule has 8 heteroatoms. The van der Waals surface area contributed by atoms with E-state index in [1.54, 1.807) is 4.68 Å². The van der Waals surface area contributed by atoms with Gasteiger partial charge in [0, 0.05) is 25.3 Å². The highest BCUT2D eigenvalue weighted by atomic mass is 19.1. The predicted molar refractivity (Wildman–Crippen MR) is 88.8 cm³/mol. The zero-order valence-corrected chi connectivity index (χ0v) is 14.8. The van der Waals surface area contributed by atoms with Gasteiger partial charge in [0.1, 0.15) is 6.54 Å². The van der Waals surface area contributed by atoms with E-state index in [4.69, 9.17) is 4.74 Å². The number of morpholine rings is 1. The Bertz CT molecular complexity index is 656. The number of halogens is 1. The molecule has 2 fully saturated rings. The van der Waals surface area contributed by atoms with Gasteiger partial charge >= 0.3 is 0 Å². The van der Waals surface area contributed by atoms with Crippen molar-refractivity contribution in [2.24, 2.45) is 0 Å². The van der Waals surface area contributed by atoms with Gasteiger partial charge in [-0.1, -0.05) is 0 Å². The number of piperidine rings is 1. The minimum Gasteiger partial charge on any atom is -0.378 e. The number of alkyl halides is 1. The summed E-state index contributed by atoms with van der Waals surface area (Å²) in [6.07, 6.45) is 0.641. The first-order valence-electron chi connectivity index (χ1n) is 8.74. The molecule has 2 aliphatic heterocycles. The Balaban J connectivity index is 1.66. The van der Waals surface area contributed by atoms with Crippen LogP contribution in [0.5, 0.6) is 0 Å². The number of hydrogen-bond donors (Lipinski definition) is 0. The van der Waals surface area contributed by atoms with Gasteiger partial charge in [0.15, 0.2) is 0 Å². The standard InChI is InChI=1S/C17H25FN4O3/c1-13-10-14(2)22(19-13)11-15(23)21-5-3-4-17(18,12-21)16(24)20-6-8-25-9-7-20/h10H,3-9,11-12H2,1-2H3. The van der Waals surface area contributed by atoms with E-state index < -0.39 is 11.6 Å². The number of carbonyl (C=O) groups is 2. The molecule has 1 unspecified atom stereocenters. The van der Waals surface area contributed by atoms with Gasteiger partial charge in [-0.15, -0.1) is 0 Å². The summed E-state index contributed by atoms with van der Waals surface area (Å²) in [4.78, 5) is 28.1. The Kier molecular flexibility index (Phi) is 5.08. The highest BCUT2D eigenvalue weighted by molar-refractivity contribution is 5.87. The molecular formula is C17H25FN4O3. The normalized spacial score (nSPS) is 24.4. The molecule has 3 rings (SSSR count). The van der Waals surface area contributed by atoms with Gasteiger partial charge < -0.3 is 14.5 Å². The number of likely N-dealkylation sites (tertiary alicyclic amines) is 1. The van der Waals surface area contributed by atoms with Crippen molar-refractivity contribution in [3.05, 3.63) is 17.5 Å². The molecule has 0 radical (unpaired) electrons. The highest BCUT2D eigenvalue weighted by Crippen LogP contribution is 2.28. The van der Waals surface area contributed by atoms with Crippen LogP contribution >= 0.6 is 0 Å². The third kappa shape index (κ3) is 3.84. The summed E-state index contributed by atoms with van der Waals surface area (Å²) in [7, 11) is 0. The van der Waals surface area contributed by atoms with Crippen molar-refractivity contribution in [3.63, 3.8) is 0 Å². The van der Waals surface area contributed by atoms with Crippen LogP contribution in [0.25, 0.3) is 0 Å². The summed E-state index contributed by atoms with van der Waals surface area (Å²) in [5.74, 6) is -0.720. The molecule has 138 valence electrons. The van der Waals surface area contributed by atoms with E-state index in [1.807, 2.05) is 19.9 Å². The number of nitrogens with zero attached hydrogens (tertiary/aromatic N) is 4. The van der Waals surface area contributed by atoms with Crippen LogP contribution < -0.4 is 0 Å². The van der Waals surface area contributed by atoms with Crippen LogP contribution in [0, 0.1) is 13.8 Å². The number of carbonyl (C=O) groups excluding carboxylic acids is 2. The highest BCUT2D eigenvalue weighted by Gasteiger charge is 2.46. The number of aromatic nitrogens is 2. The van der Waals surface area contributed by atoms with E-state index in [0.717, 1.165) is 11.4 Å². The first-order valence-corrected chi connectivity index (χ1v) is 8.74. The molecule has 0 saturated carbocycles. The predicted octanol–water partition coefficient (Wildman–Crippen LogP) is 0.689. The van der Waals surface area contributed by atoms with Gasteiger partial charge in [0.05, 0.1) is 25.5 Å². The molecular weight excluding hydrogens is 327 g/mol. The van der Waals surface area contributed by atoms with Crippen molar-refractivity contribution < 1.29 is 18.7 Å². The van der Waals surface area contributed by atoms with Crippen LogP contribution in [0.2, 0.25) is 0 Å². The zero-order valence-electron chi connectivity index (χ0n) is 14.8. The van der Waals surface area contributed by atoms with Crippen molar-refractivity contribution in [3.8, 4) is 0 Å². The Morgan fingerprint density at radius 2 is 1.96 bits per heavy atom. The zero-order chi connectivity index (χ0) is 18.0. The molecule has 2 amide bonds. The molecule has 1 aromatic rings. The lowest BCUT2D eigenvalue weighted by atomic mass is 9.92. The SMILES string of the molecule is Cc1cc(C)n(CC(=O)N2CCCC(F)(C(=O)N3CCOCC3)C2)n1. The molecule has 2 aliphatic rings. The van der Waals surface area contributed by atoms with Crippen molar-refractivity contribution in [1.82, 2.24) is 19.6 Å². The summed E-state index contributed by atoms with van der Waals surface area (Å²) in [5, 5.41) is 4.28. The monoisotopic (exact) mass is 352 g/mol. The third-order valence-electron chi connectivity index (χ3n) is 4.87. The summed E-state index contributed by atoms with van der Waals surface area (Å²) in [6.45, 7) is 5.79. The first-order chi connectivity index (χ1) is 11.9. The molecule has 0 spiro atoms. The second-order valence-electron chi connectivity index (χ2n) is 6.87. The second-order valence-corrected chi connectivity index (χ2v) is 6.87. The van der Waals surface area contributed by atoms with E-state index in [1.165, 1.54) is 9.80 Å². The van der Waals surface area contributed by atoms with Crippen LogP contribution in [0.3, 0.4) is 0 Å². The molecule has 0 bridgehead atoms. The van der Waals surface area contributed by atoms with E-state index in [-0.39, 0.29) is 25.4 Å². The maximum Gasteiger partial charge on any atom is 0.262 e. The van der Waals surface area contributed by atoms with Crippen molar-refractivity contribution in [2.45, 2.75) is 38.9 Å². The van der Waals surface area contributed by atoms with Crippen LogP contribution in [-0.2, 0) is 20.9 Å². The van der Waals surface area contributed by atoms with Crippen molar-refractivity contribution in [1.29, 1.82) is 0 Å². The average Bonchev–Trinajstić information content (AvgIpc) is 2.92. The topological polar surface area (TPSA) is 67.7 Å². The third-order valence-corrected chi connectivity index (χ3v) is 4.87. The Morgan fingerprint density at radius 1 is 1.24 bits per heavy atom. The lowest BCUT2D eigenvalue weighted by molar-refractivity contribution is -0.155. The molecule has 1 aromatic heterocycles. The number of hydrogen-bond acceptors (Lipinski definition) is 4. The van der Waals surface area contributed by atoms with Gasteiger partial charge in [-0.3, -0.25) is 14.3 Å². The minimum atomic E-state index is -2.00. The molecule has 0 aromatic carbocycles. The average molecular weight is 352 g/mol. The van der Waals surface area contributed by atoms with E-state index in [0.29, 0.717) is 39.3 Å². The second kappa shape index (κ2) is 7.11. The summed E-state index contributed by atoms with van der Waals surface area (Å²) >= 11 is 0. The quantitative estimate of drug-likeness (QED) is 0.803. The van der Waals surface area contributed by atoms with Gasteiger partial charge in [-0.05, 0) is 32.8 Å². The van der Waals surface area contributed by atoms with Crippen LogP contribution in [0.1, 0.15) is 24.2 Å². The lowest BCUT2D eigenvalue weighted by Crippen LogP contribution is -2.58. The van der Waals surface area contributed by atoms with Gasteiger partial charge in [-0.25, -0.2) is 4.39 Å². The maximum atomic E-state index is 15.3. The number of ether oxygens (including phenoxy) is 1. The van der Waals surface area contributed by atoms with Gasteiger partial charge in [0.25, 0.3) is 5.91 Å².